The summed E-state index contributed by atoms with van der Waals surface area (Å²) in [6.45, 7) is 2.01. The SMILES string of the molecule is CCCc1ccc(C(N)=O)c(F)c1. The number of hydrogen-bond donors (Lipinski definition) is 1. The topological polar surface area (TPSA) is 43.1 Å². The van der Waals surface area contributed by atoms with Gasteiger partial charge in [-0.05, 0) is 24.1 Å². The summed E-state index contributed by atoms with van der Waals surface area (Å²) in [6.07, 6.45) is 1.77. The fourth-order valence-electron chi connectivity index (χ4n) is 1.20. The van der Waals surface area contributed by atoms with Crippen LogP contribution in [0.15, 0.2) is 18.2 Å². The predicted octanol–water partition coefficient (Wildman–Crippen LogP) is 1.88. The van der Waals surface area contributed by atoms with E-state index in [0.29, 0.717) is 0 Å². The molecule has 0 unspecified atom stereocenters. The van der Waals surface area contributed by atoms with Crippen LogP contribution in [0.1, 0.15) is 29.3 Å². The molecule has 1 aromatic rings. The Morgan fingerprint density at radius 3 is 2.69 bits per heavy atom. The molecule has 3 heteroatoms. The highest BCUT2D eigenvalue weighted by molar-refractivity contribution is 5.93. The summed E-state index contributed by atoms with van der Waals surface area (Å²) in [5.74, 6) is -1.25. The fraction of sp³-hybridized carbons (Fsp3) is 0.300. The second-order valence-corrected chi connectivity index (χ2v) is 2.93. The molecule has 0 heterocycles. The number of rotatable bonds is 3. The van der Waals surface area contributed by atoms with Crippen molar-refractivity contribution in [2.75, 3.05) is 0 Å². The molecule has 0 saturated heterocycles. The average molecular weight is 181 g/mol. The van der Waals surface area contributed by atoms with Crippen molar-refractivity contribution in [3.63, 3.8) is 0 Å². The van der Waals surface area contributed by atoms with Gasteiger partial charge in [0.25, 0.3) is 5.91 Å². The molecule has 13 heavy (non-hydrogen) atoms. The molecule has 70 valence electrons. The third kappa shape index (κ3) is 2.28. The van der Waals surface area contributed by atoms with Crippen LogP contribution in [0.4, 0.5) is 4.39 Å². The van der Waals surface area contributed by atoms with Gasteiger partial charge < -0.3 is 5.73 Å². The van der Waals surface area contributed by atoms with Crippen LogP contribution in [0.3, 0.4) is 0 Å². The molecular formula is C10H12FNO. The van der Waals surface area contributed by atoms with Crippen molar-refractivity contribution in [1.82, 2.24) is 0 Å². The number of primary amides is 1. The lowest BCUT2D eigenvalue weighted by molar-refractivity contribution is 0.0996. The van der Waals surface area contributed by atoms with Crippen LogP contribution < -0.4 is 5.73 Å². The summed E-state index contributed by atoms with van der Waals surface area (Å²) in [4.78, 5) is 10.7. The lowest BCUT2D eigenvalue weighted by atomic mass is 10.1. The van der Waals surface area contributed by atoms with Gasteiger partial charge in [0.15, 0.2) is 0 Å². The number of benzene rings is 1. The van der Waals surface area contributed by atoms with Crippen molar-refractivity contribution in [3.8, 4) is 0 Å². The monoisotopic (exact) mass is 181 g/mol. The average Bonchev–Trinajstić information content (AvgIpc) is 2.04. The molecule has 0 bridgehead atoms. The molecule has 0 fully saturated rings. The van der Waals surface area contributed by atoms with Crippen molar-refractivity contribution in [2.45, 2.75) is 19.8 Å². The van der Waals surface area contributed by atoms with Crippen molar-refractivity contribution in [2.24, 2.45) is 5.73 Å². The Bertz CT molecular complexity index is 323. The van der Waals surface area contributed by atoms with Crippen molar-refractivity contribution in [1.29, 1.82) is 0 Å². The van der Waals surface area contributed by atoms with E-state index in [2.05, 4.69) is 0 Å². The second kappa shape index (κ2) is 4.03. The highest BCUT2D eigenvalue weighted by atomic mass is 19.1. The zero-order valence-electron chi connectivity index (χ0n) is 7.51. The first-order valence-corrected chi connectivity index (χ1v) is 4.23. The summed E-state index contributed by atoms with van der Waals surface area (Å²) in [5.41, 5.74) is 5.81. The summed E-state index contributed by atoms with van der Waals surface area (Å²) < 4.78 is 13.1. The Morgan fingerprint density at radius 1 is 1.54 bits per heavy atom. The van der Waals surface area contributed by atoms with Crippen LogP contribution in [-0.4, -0.2) is 5.91 Å². The molecule has 2 N–H and O–H groups in total. The summed E-state index contributed by atoms with van der Waals surface area (Å²) in [7, 11) is 0. The lowest BCUT2D eigenvalue weighted by Crippen LogP contribution is -2.13. The lowest BCUT2D eigenvalue weighted by Gasteiger charge is -2.01. The summed E-state index contributed by atoms with van der Waals surface area (Å²) >= 11 is 0. The zero-order chi connectivity index (χ0) is 9.84. The molecule has 1 rings (SSSR count). The number of aryl methyl sites for hydroxylation is 1. The van der Waals surface area contributed by atoms with E-state index in [0.717, 1.165) is 18.4 Å². The normalized spacial score (nSPS) is 10.0. The summed E-state index contributed by atoms with van der Waals surface area (Å²) in [6, 6.07) is 4.53. The zero-order valence-corrected chi connectivity index (χ0v) is 7.51. The second-order valence-electron chi connectivity index (χ2n) is 2.93. The molecule has 0 aliphatic heterocycles. The van der Waals surface area contributed by atoms with E-state index in [1.54, 1.807) is 6.07 Å². The molecule has 0 aliphatic rings. The van der Waals surface area contributed by atoms with E-state index in [4.69, 9.17) is 5.73 Å². The molecule has 0 atom stereocenters. The molecule has 0 aliphatic carbocycles. The minimum atomic E-state index is -0.722. The Kier molecular flexibility index (Phi) is 3.01. The van der Waals surface area contributed by atoms with Crippen LogP contribution in [0.2, 0.25) is 0 Å². The standard InChI is InChI=1S/C10H12FNO/c1-2-3-7-4-5-8(10(12)13)9(11)6-7/h4-6H,2-3H2,1H3,(H2,12,13). The number of halogens is 1. The Balaban J connectivity index is 2.98. The first kappa shape index (κ1) is 9.71. The van der Waals surface area contributed by atoms with E-state index in [1.807, 2.05) is 6.92 Å². The predicted molar refractivity (Wildman–Crippen MR) is 48.9 cm³/mol. The van der Waals surface area contributed by atoms with Gasteiger partial charge >= 0.3 is 0 Å². The first-order chi connectivity index (χ1) is 6.15. The quantitative estimate of drug-likeness (QED) is 0.760. The highest BCUT2D eigenvalue weighted by Crippen LogP contribution is 2.11. The minimum Gasteiger partial charge on any atom is -0.366 e. The van der Waals surface area contributed by atoms with Gasteiger partial charge in [0.2, 0.25) is 0 Å². The molecule has 0 spiro atoms. The van der Waals surface area contributed by atoms with Crippen molar-refractivity contribution in [3.05, 3.63) is 35.1 Å². The largest absolute Gasteiger partial charge is 0.366 e. The maximum atomic E-state index is 13.1. The van der Waals surface area contributed by atoms with Gasteiger partial charge in [-0.25, -0.2) is 4.39 Å². The molecule has 1 amide bonds. The third-order valence-electron chi connectivity index (χ3n) is 1.84. The Labute approximate surface area is 76.6 Å². The number of amides is 1. The smallest absolute Gasteiger partial charge is 0.251 e. The van der Waals surface area contributed by atoms with E-state index >= 15 is 0 Å². The van der Waals surface area contributed by atoms with Gasteiger partial charge in [0.05, 0.1) is 5.56 Å². The molecule has 0 aromatic heterocycles. The van der Waals surface area contributed by atoms with Crippen molar-refractivity contribution < 1.29 is 9.18 Å². The van der Waals surface area contributed by atoms with Crippen LogP contribution in [0.5, 0.6) is 0 Å². The van der Waals surface area contributed by atoms with Crippen LogP contribution in [0, 0.1) is 5.82 Å². The molecular weight excluding hydrogens is 169 g/mol. The Morgan fingerprint density at radius 2 is 2.23 bits per heavy atom. The first-order valence-electron chi connectivity index (χ1n) is 4.23. The molecule has 2 nitrogen and oxygen atoms in total. The highest BCUT2D eigenvalue weighted by Gasteiger charge is 2.07. The minimum absolute atomic E-state index is 0.0418. The van der Waals surface area contributed by atoms with Gasteiger partial charge in [-0.3, -0.25) is 4.79 Å². The van der Waals surface area contributed by atoms with Gasteiger partial charge in [0.1, 0.15) is 5.82 Å². The van der Waals surface area contributed by atoms with E-state index in [1.165, 1.54) is 12.1 Å². The van der Waals surface area contributed by atoms with Crippen LogP contribution >= 0.6 is 0 Å². The van der Waals surface area contributed by atoms with Gasteiger partial charge in [0, 0.05) is 0 Å². The number of hydrogen-bond acceptors (Lipinski definition) is 1. The number of carbonyl (C=O) groups excluding carboxylic acids is 1. The molecule has 0 saturated carbocycles. The molecule has 1 aromatic carbocycles. The molecule has 0 radical (unpaired) electrons. The third-order valence-corrected chi connectivity index (χ3v) is 1.84. The number of nitrogens with two attached hydrogens (primary N) is 1. The Hall–Kier alpha value is -1.38. The fourth-order valence-corrected chi connectivity index (χ4v) is 1.20. The van der Waals surface area contributed by atoms with Crippen LogP contribution in [-0.2, 0) is 6.42 Å². The van der Waals surface area contributed by atoms with Gasteiger partial charge in [-0.2, -0.15) is 0 Å². The van der Waals surface area contributed by atoms with Crippen LogP contribution in [0.25, 0.3) is 0 Å². The van der Waals surface area contributed by atoms with Gasteiger partial charge in [-0.15, -0.1) is 0 Å². The van der Waals surface area contributed by atoms with E-state index in [-0.39, 0.29) is 5.56 Å². The summed E-state index contributed by atoms with van der Waals surface area (Å²) in [5, 5.41) is 0. The van der Waals surface area contributed by atoms with E-state index in [9.17, 15) is 9.18 Å². The maximum absolute atomic E-state index is 13.1. The maximum Gasteiger partial charge on any atom is 0.251 e. The number of carbonyl (C=O) groups is 1. The van der Waals surface area contributed by atoms with Gasteiger partial charge in [-0.1, -0.05) is 19.4 Å². The van der Waals surface area contributed by atoms with E-state index < -0.39 is 11.7 Å². The van der Waals surface area contributed by atoms with Crippen molar-refractivity contribution >= 4 is 5.91 Å².